The molecule has 1 N–H and O–H groups in total. The Kier molecular flexibility index (Phi) is 4.70. The maximum atomic E-state index is 12.9. The molecule has 0 bridgehead atoms. The zero-order valence-corrected chi connectivity index (χ0v) is 11.1. The minimum absolute atomic E-state index is 0.305. The third kappa shape index (κ3) is 3.56. The Morgan fingerprint density at radius 3 is 2.35 bits per heavy atom. The third-order valence-corrected chi connectivity index (χ3v) is 3.00. The number of nitrogens with zero attached hydrogens (tertiary/aromatic N) is 1. The van der Waals surface area contributed by atoms with Crippen LogP contribution in [0.2, 0.25) is 0 Å². The lowest BCUT2D eigenvalue weighted by molar-refractivity contribution is 0.414. The van der Waals surface area contributed by atoms with Gasteiger partial charge in [-0.25, -0.2) is 4.39 Å². The van der Waals surface area contributed by atoms with Crippen LogP contribution in [0.1, 0.15) is 17.2 Å². The van der Waals surface area contributed by atoms with E-state index in [-0.39, 0.29) is 5.82 Å². The van der Waals surface area contributed by atoms with Gasteiger partial charge in [0.05, 0.1) is 13.2 Å². The normalized spacial score (nSPS) is 11.7. The molecule has 0 radical (unpaired) electrons. The van der Waals surface area contributed by atoms with Crippen LogP contribution in [0.25, 0.3) is 0 Å². The van der Waals surface area contributed by atoms with Crippen molar-refractivity contribution >= 4 is 0 Å². The van der Waals surface area contributed by atoms with Crippen LogP contribution in [-0.4, -0.2) is 7.11 Å². The average Bonchev–Trinajstić information content (AvgIpc) is 2.50. The molecule has 0 fully saturated rings. The molecule has 3 nitrogen and oxygen atoms in total. The summed E-state index contributed by atoms with van der Waals surface area (Å²) < 4.78 is 17.9. The molecule has 0 aromatic heterocycles. The molecule has 2 aromatic rings. The van der Waals surface area contributed by atoms with Gasteiger partial charge in [-0.2, -0.15) is 5.26 Å². The molecule has 4 heteroatoms. The van der Waals surface area contributed by atoms with Crippen molar-refractivity contribution in [3.8, 4) is 11.8 Å². The van der Waals surface area contributed by atoms with Crippen molar-refractivity contribution in [1.82, 2.24) is 5.32 Å². The standard InChI is InChI=1S/C16H15FN2O/c1-20-15-8-2-12(3-9-15)11-19-16(10-18)13-4-6-14(17)7-5-13/h2-9,16,19H,11H2,1H3. The molecule has 0 amide bonds. The number of methoxy groups -OCH3 is 1. The molecule has 0 saturated carbocycles. The number of hydrogen-bond acceptors (Lipinski definition) is 3. The zero-order valence-electron chi connectivity index (χ0n) is 11.1. The largest absolute Gasteiger partial charge is 0.497 e. The molecule has 0 aliphatic rings. The number of ether oxygens (including phenoxy) is 1. The van der Waals surface area contributed by atoms with Crippen molar-refractivity contribution in [1.29, 1.82) is 5.26 Å². The topological polar surface area (TPSA) is 45.0 Å². The summed E-state index contributed by atoms with van der Waals surface area (Å²) in [4.78, 5) is 0. The van der Waals surface area contributed by atoms with Gasteiger partial charge in [-0.15, -0.1) is 0 Å². The molecule has 0 aliphatic heterocycles. The van der Waals surface area contributed by atoms with E-state index in [9.17, 15) is 9.65 Å². The minimum atomic E-state index is -0.460. The van der Waals surface area contributed by atoms with E-state index in [0.29, 0.717) is 6.54 Å². The van der Waals surface area contributed by atoms with E-state index in [1.807, 2.05) is 24.3 Å². The Hall–Kier alpha value is -2.38. The molecule has 102 valence electrons. The van der Waals surface area contributed by atoms with E-state index in [1.165, 1.54) is 12.1 Å². The smallest absolute Gasteiger partial charge is 0.123 e. The first-order chi connectivity index (χ1) is 9.72. The quantitative estimate of drug-likeness (QED) is 0.907. The maximum Gasteiger partial charge on any atom is 0.123 e. The third-order valence-electron chi connectivity index (χ3n) is 3.00. The highest BCUT2D eigenvalue weighted by Gasteiger charge is 2.09. The highest BCUT2D eigenvalue weighted by atomic mass is 19.1. The first-order valence-electron chi connectivity index (χ1n) is 6.24. The predicted molar refractivity (Wildman–Crippen MR) is 74.6 cm³/mol. The van der Waals surface area contributed by atoms with E-state index in [2.05, 4.69) is 11.4 Å². The average molecular weight is 270 g/mol. The predicted octanol–water partition coefficient (Wildman–Crippen LogP) is 3.19. The Morgan fingerprint density at radius 2 is 1.80 bits per heavy atom. The lowest BCUT2D eigenvalue weighted by atomic mass is 10.1. The number of hydrogen-bond donors (Lipinski definition) is 1. The van der Waals surface area contributed by atoms with Gasteiger partial charge in [0.15, 0.2) is 0 Å². The number of benzene rings is 2. The summed E-state index contributed by atoms with van der Waals surface area (Å²) in [7, 11) is 1.62. The highest BCUT2D eigenvalue weighted by Crippen LogP contribution is 2.15. The van der Waals surface area contributed by atoms with Gasteiger partial charge >= 0.3 is 0 Å². The van der Waals surface area contributed by atoms with Crippen LogP contribution in [0.4, 0.5) is 4.39 Å². The SMILES string of the molecule is COc1ccc(CNC(C#N)c2ccc(F)cc2)cc1. The van der Waals surface area contributed by atoms with E-state index < -0.39 is 6.04 Å². The van der Waals surface area contributed by atoms with E-state index in [4.69, 9.17) is 4.74 Å². The molecule has 0 saturated heterocycles. The summed E-state index contributed by atoms with van der Waals surface area (Å²) in [5, 5.41) is 12.3. The molecule has 1 unspecified atom stereocenters. The van der Waals surface area contributed by atoms with Crippen LogP contribution < -0.4 is 10.1 Å². The van der Waals surface area contributed by atoms with Crippen molar-refractivity contribution in [2.75, 3.05) is 7.11 Å². The molecular formula is C16H15FN2O. The second-order valence-electron chi connectivity index (χ2n) is 4.34. The van der Waals surface area contributed by atoms with Crippen LogP contribution in [0.3, 0.4) is 0 Å². The van der Waals surface area contributed by atoms with Gasteiger partial charge in [-0.05, 0) is 35.4 Å². The fourth-order valence-corrected chi connectivity index (χ4v) is 1.86. The Bertz CT molecular complexity index is 587. The molecule has 20 heavy (non-hydrogen) atoms. The van der Waals surface area contributed by atoms with Crippen LogP contribution in [-0.2, 0) is 6.54 Å². The van der Waals surface area contributed by atoms with Crippen LogP contribution in [0.15, 0.2) is 48.5 Å². The van der Waals surface area contributed by atoms with Crippen LogP contribution in [0, 0.1) is 17.1 Å². The summed E-state index contributed by atoms with van der Waals surface area (Å²) in [6.07, 6.45) is 0. The number of nitrogens with one attached hydrogen (secondary N) is 1. The van der Waals surface area contributed by atoms with Crippen molar-refractivity contribution in [2.24, 2.45) is 0 Å². The number of halogens is 1. The van der Waals surface area contributed by atoms with Gasteiger partial charge in [0.2, 0.25) is 0 Å². The monoisotopic (exact) mass is 270 g/mol. The Labute approximate surface area is 117 Å². The number of nitriles is 1. The molecule has 0 heterocycles. The number of rotatable bonds is 5. The lowest BCUT2D eigenvalue weighted by Crippen LogP contribution is -2.19. The van der Waals surface area contributed by atoms with Gasteiger partial charge < -0.3 is 4.74 Å². The van der Waals surface area contributed by atoms with Gasteiger partial charge in [0, 0.05) is 6.54 Å². The van der Waals surface area contributed by atoms with Gasteiger partial charge in [-0.3, -0.25) is 5.32 Å². The molecule has 0 spiro atoms. The van der Waals surface area contributed by atoms with Crippen molar-refractivity contribution in [3.05, 3.63) is 65.5 Å². The summed E-state index contributed by atoms with van der Waals surface area (Å²) in [5.74, 6) is 0.490. The lowest BCUT2D eigenvalue weighted by Gasteiger charge is -2.12. The van der Waals surface area contributed by atoms with Crippen molar-refractivity contribution in [3.63, 3.8) is 0 Å². The molecule has 0 aliphatic carbocycles. The molecular weight excluding hydrogens is 255 g/mol. The van der Waals surface area contributed by atoms with Gasteiger partial charge in [0.1, 0.15) is 17.6 Å². The van der Waals surface area contributed by atoms with E-state index in [0.717, 1.165) is 16.9 Å². The maximum absolute atomic E-state index is 12.9. The van der Waals surface area contributed by atoms with Crippen LogP contribution in [0.5, 0.6) is 5.75 Å². The summed E-state index contributed by atoms with van der Waals surface area (Å²) >= 11 is 0. The fourth-order valence-electron chi connectivity index (χ4n) is 1.86. The minimum Gasteiger partial charge on any atom is -0.497 e. The van der Waals surface area contributed by atoms with E-state index in [1.54, 1.807) is 19.2 Å². The second kappa shape index (κ2) is 6.69. The molecule has 2 aromatic carbocycles. The summed E-state index contributed by atoms with van der Waals surface area (Å²) in [5.41, 5.74) is 1.80. The van der Waals surface area contributed by atoms with Crippen LogP contribution >= 0.6 is 0 Å². The summed E-state index contributed by atoms with van der Waals surface area (Å²) in [6, 6.07) is 15.3. The van der Waals surface area contributed by atoms with Gasteiger partial charge in [0.25, 0.3) is 0 Å². The fraction of sp³-hybridized carbons (Fsp3) is 0.188. The molecule has 1 atom stereocenters. The highest BCUT2D eigenvalue weighted by molar-refractivity contribution is 5.28. The second-order valence-corrected chi connectivity index (χ2v) is 4.34. The van der Waals surface area contributed by atoms with E-state index >= 15 is 0 Å². The molecule has 2 rings (SSSR count). The summed E-state index contributed by atoms with van der Waals surface area (Å²) in [6.45, 7) is 0.555. The van der Waals surface area contributed by atoms with Crippen molar-refractivity contribution < 1.29 is 9.13 Å². The first kappa shape index (κ1) is 14.0. The van der Waals surface area contributed by atoms with Gasteiger partial charge in [-0.1, -0.05) is 24.3 Å². The first-order valence-corrected chi connectivity index (χ1v) is 6.24. The Morgan fingerprint density at radius 1 is 1.15 bits per heavy atom. The Balaban J connectivity index is 2.00. The zero-order chi connectivity index (χ0) is 14.4. The van der Waals surface area contributed by atoms with Crippen molar-refractivity contribution in [2.45, 2.75) is 12.6 Å².